The lowest BCUT2D eigenvalue weighted by Crippen LogP contribution is -2.50. The maximum Gasteiger partial charge on any atom is 0.312 e. The van der Waals surface area contributed by atoms with Crippen molar-refractivity contribution in [2.24, 2.45) is 23.2 Å². The first-order valence-electron chi connectivity index (χ1n) is 6.45. The standard InChI is InChI=1S/C13H19BrO2/c14-1-2-16-12(15)13-6-9-3-10(7-13)5-11(4-9)8-13/h9-11H,1-8H2. The van der Waals surface area contributed by atoms with Gasteiger partial charge in [-0.3, -0.25) is 4.79 Å². The van der Waals surface area contributed by atoms with Crippen molar-refractivity contribution >= 4 is 21.9 Å². The molecule has 4 rings (SSSR count). The predicted octanol–water partition coefficient (Wildman–Crippen LogP) is 3.14. The van der Waals surface area contributed by atoms with E-state index in [1.54, 1.807) is 0 Å². The summed E-state index contributed by atoms with van der Waals surface area (Å²) in [6, 6.07) is 0. The Labute approximate surface area is 105 Å². The van der Waals surface area contributed by atoms with Gasteiger partial charge in [-0.15, -0.1) is 0 Å². The Morgan fingerprint density at radius 1 is 1.12 bits per heavy atom. The molecule has 4 fully saturated rings. The molecular formula is C13H19BrO2. The molecule has 0 aromatic rings. The molecule has 0 heterocycles. The fourth-order valence-corrected chi connectivity index (χ4v) is 4.81. The van der Waals surface area contributed by atoms with Crippen LogP contribution in [0.1, 0.15) is 38.5 Å². The monoisotopic (exact) mass is 286 g/mol. The van der Waals surface area contributed by atoms with E-state index in [0.29, 0.717) is 6.61 Å². The first kappa shape index (κ1) is 11.1. The normalized spacial score (nSPS) is 44.7. The van der Waals surface area contributed by atoms with Crippen LogP contribution in [0, 0.1) is 23.2 Å². The third-order valence-electron chi connectivity index (χ3n) is 4.78. The molecule has 0 aromatic heterocycles. The van der Waals surface area contributed by atoms with Gasteiger partial charge in [0.1, 0.15) is 6.61 Å². The Morgan fingerprint density at radius 3 is 2.06 bits per heavy atom. The summed E-state index contributed by atoms with van der Waals surface area (Å²) < 4.78 is 5.39. The first-order valence-corrected chi connectivity index (χ1v) is 7.57. The number of rotatable bonds is 3. The molecule has 0 N–H and O–H groups in total. The van der Waals surface area contributed by atoms with Gasteiger partial charge in [0.2, 0.25) is 0 Å². The van der Waals surface area contributed by atoms with Crippen LogP contribution in [0.3, 0.4) is 0 Å². The molecule has 16 heavy (non-hydrogen) atoms. The Morgan fingerprint density at radius 2 is 1.62 bits per heavy atom. The second-order valence-electron chi connectivity index (χ2n) is 6.02. The lowest BCUT2D eigenvalue weighted by atomic mass is 9.49. The molecule has 2 nitrogen and oxygen atoms in total. The van der Waals surface area contributed by atoms with Crippen molar-refractivity contribution in [1.29, 1.82) is 0 Å². The number of hydrogen-bond acceptors (Lipinski definition) is 2. The predicted molar refractivity (Wildman–Crippen MR) is 65.4 cm³/mol. The van der Waals surface area contributed by atoms with Crippen LogP contribution in [-0.2, 0) is 9.53 Å². The number of ether oxygens (including phenoxy) is 1. The van der Waals surface area contributed by atoms with Crippen molar-refractivity contribution in [3.05, 3.63) is 0 Å². The van der Waals surface area contributed by atoms with Crippen LogP contribution in [0.15, 0.2) is 0 Å². The summed E-state index contributed by atoms with van der Waals surface area (Å²) in [5.41, 5.74) is -0.0725. The van der Waals surface area contributed by atoms with E-state index < -0.39 is 0 Å². The topological polar surface area (TPSA) is 26.3 Å². The van der Waals surface area contributed by atoms with Crippen molar-refractivity contribution in [1.82, 2.24) is 0 Å². The van der Waals surface area contributed by atoms with Gasteiger partial charge in [-0.25, -0.2) is 0 Å². The molecule has 0 saturated heterocycles. The maximum absolute atomic E-state index is 12.2. The number of alkyl halides is 1. The fraction of sp³-hybridized carbons (Fsp3) is 0.923. The summed E-state index contributed by atoms with van der Waals surface area (Å²) in [6.07, 6.45) is 7.47. The highest BCUT2D eigenvalue weighted by Crippen LogP contribution is 2.60. The van der Waals surface area contributed by atoms with E-state index in [0.717, 1.165) is 42.3 Å². The van der Waals surface area contributed by atoms with E-state index in [9.17, 15) is 4.79 Å². The van der Waals surface area contributed by atoms with Gasteiger partial charge >= 0.3 is 5.97 Å². The molecule has 0 radical (unpaired) electrons. The SMILES string of the molecule is O=C(OCCBr)C12CC3CC(CC(C3)C1)C2. The number of hydrogen-bond donors (Lipinski definition) is 0. The van der Waals surface area contributed by atoms with Crippen molar-refractivity contribution in [3.63, 3.8) is 0 Å². The van der Waals surface area contributed by atoms with Gasteiger partial charge in [-0.05, 0) is 56.3 Å². The number of esters is 1. The molecule has 4 bridgehead atoms. The van der Waals surface area contributed by atoms with E-state index in [1.165, 1.54) is 19.3 Å². The largest absolute Gasteiger partial charge is 0.464 e. The average molecular weight is 287 g/mol. The van der Waals surface area contributed by atoms with Gasteiger partial charge in [0.05, 0.1) is 5.41 Å². The average Bonchev–Trinajstić information content (AvgIpc) is 2.24. The fourth-order valence-electron chi connectivity index (χ4n) is 4.65. The lowest BCUT2D eigenvalue weighted by Gasteiger charge is -2.55. The van der Waals surface area contributed by atoms with Crippen LogP contribution < -0.4 is 0 Å². The first-order chi connectivity index (χ1) is 7.72. The Balaban J connectivity index is 1.75. The maximum atomic E-state index is 12.2. The zero-order chi connectivity index (χ0) is 11.2. The van der Waals surface area contributed by atoms with Crippen LogP contribution in [0.25, 0.3) is 0 Å². The zero-order valence-corrected chi connectivity index (χ0v) is 11.2. The molecule has 0 aromatic carbocycles. The number of halogens is 1. The van der Waals surface area contributed by atoms with Gasteiger partial charge in [-0.1, -0.05) is 15.9 Å². The third kappa shape index (κ3) is 1.71. The van der Waals surface area contributed by atoms with Crippen LogP contribution in [0.2, 0.25) is 0 Å². The van der Waals surface area contributed by atoms with E-state index >= 15 is 0 Å². The molecular weight excluding hydrogens is 268 g/mol. The summed E-state index contributed by atoms with van der Waals surface area (Å²) in [7, 11) is 0. The molecule has 0 unspecified atom stereocenters. The second kappa shape index (κ2) is 4.01. The van der Waals surface area contributed by atoms with Gasteiger partial charge in [0.15, 0.2) is 0 Å². The Kier molecular flexibility index (Phi) is 2.77. The number of carbonyl (C=O) groups excluding carboxylic acids is 1. The highest BCUT2D eigenvalue weighted by molar-refractivity contribution is 9.09. The second-order valence-corrected chi connectivity index (χ2v) is 6.82. The van der Waals surface area contributed by atoms with Crippen LogP contribution in [0.5, 0.6) is 0 Å². The molecule has 90 valence electrons. The minimum absolute atomic E-state index is 0.0725. The van der Waals surface area contributed by atoms with Crippen molar-refractivity contribution in [2.45, 2.75) is 38.5 Å². The van der Waals surface area contributed by atoms with E-state index in [2.05, 4.69) is 15.9 Å². The summed E-state index contributed by atoms with van der Waals surface area (Å²) >= 11 is 3.31. The summed E-state index contributed by atoms with van der Waals surface area (Å²) in [6.45, 7) is 0.528. The highest BCUT2D eigenvalue weighted by Gasteiger charge is 2.55. The van der Waals surface area contributed by atoms with Crippen LogP contribution in [0.4, 0.5) is 0 Å². The van der Waals surface area contributed by atoms with Crippen LogP contribution in [-0.4, -0.2) is 17.9 Å². The summed E-state index contributed by atoms with van der Waals surface area (Å²) in [5.74, 6) is 2.57. The Bertz CT molecular complexity index is 265. The lowest BCUT2D eigenvalue weighted by molar-refractivity contribution is -0.170. The van der Waals surface area contributed by atoms with Crippen molar-refractivity contribution < 1.29 is 9.53 Å². The smallest absolute Gasteiger partial charge is 0.312 e. The van der Waals surface area contributed by atoms with Gasteiger partial charge in [-0.2, -0.15) is 0 Å². The third-order valence-corrected chi connectivity index (χ3v) is 5.11. The van der Waals surface area contributed by atoms with Gasteiger partial charge in [0, 0.05) is 5.33 Å². The summed E-state index contributed by atoms with van der Waals surface area (Å²) in [5, 5.41) is 0.755. The van der Waals surface area contributed by atoms with Gasteiger partial charge in [0.25, 0.3) is 0 Å². The molecule has 0 aliphatic heterocycles. The zero-order valence-electron chi connectivity index (χ0n) is 9.58. The van der Waals surface area contributed by atoms with E-state index in [1.807, 2.05) is 0 Å². The van der Waals surface area contributed by atoms with E-state index in [4.69, 9.17) is 4.74 Å². The molecule has 4 aliphatic carbocycles. The molecule has 4 saturated carbocycles. The van der Waals surface area contributed by atoms with Crippen molar-refractivity contribution in [3.8, 4) is 0 Å². The highest BCUT2D eigenvalue weighted by atomic mass is 79.9. The van der Waals surface area contributed by atoms with E-state index in [-0.39, 0.29) is 11.4 Å². The minimum atomic E-state index is -0.0725. The Hall–Kier alpha value is -0.0500. The quantitative estimate of drug-likeness (QED) is 0.589. The minimum Gasteiger partial charge on any atom is -0.464 e. The molecule has 0 amide bonds. The van der Waals surface area contributed by atoms with Crippen molar-refractivity contribution in [2.75, 3.05) is 11.9 Å². The van der Waals surface area contributed by atoms with Crippen LogP contribution >= 0.6 is 15.9 Å². The molecule has 3 heteroatoms. The molecule has 0 atom stereocenters. The molecule has 0 spiro atoms. The number of carbonyl (C=O) groups is 1. The van der Waals surface area contributed by atoms with Gasteiger partial charge < -0.3 is 4.74 Å². The summed E-state index contributed by atoms with van der Waals surface area (Å²) in [4.78, 5) is 12.2. The molecule has 4 aliphatic rings.